The predicted octanol–water partition coefficient (Wildman–Crippen LogP) is 7.53. The molecule has 1 aromatic rings. The number of alkyl halides is 5. The number of carbonyl (C=O) groups is 1. The van der Waals surface area contributed by atoms with E-state index in [1.54, 1.807) is 44.3 Å². The molecule has 0 saturated heterocycles. The molecule has 3 N–H and O–H groups in total. The van der Waals surface area contributed by atoms with Gasteiger partial charge in [0.25, 0.3) is 0 Å². The molecule has 5 nitrogen and oxygen atoms in total. The molecule has 0 aromatic heterocycles. The van der Waals surface area contributed by atoms with E-state index in [-0.39, 0.29) is 62.4 Å². The van der Waals surface area contributed by atoms with Crippen molar-refractivity contribution >= 4 is 35.4 Å². The van der Waals surface area contributed by atoms with E-state index in [0.717, 1.165) is 12.3 Å². The summed E-state index contributed by atoms with van der Waals surface area (Å²) in [7, 11) is 1.55. The van der Waals surface area contributed by atoms with Crippen molar-refractivity contribution in [2.24, 2.45) is 33.5 Å². The highest BCUT2D eigenvalue weighted by Crippen LogP contribution is 2.38. The minimum atomic E-state index is -4.52. The molecule has 2 aliphatic rings. The van der Waals surface area contributed by atoms with Gasteiger partial charge in [0.1, 0.15) is 5.82 Å². The third-order valence-electron chi connectivity index (χ3n) is 7.53. The second-order valence-electron chi connectivity index (χ2n) is 10.7. The van der Waals surface area contributed by atoms with Crippen molar-refractivity contribution in [3.8, 4) is 0 Å². The minimum absolute atomic E-state index is 0.00733. The van der Waals surface area contributed by atoms with Crippen LogP contribution in [0.25, 0.3) is 5.57 Å². The van der Waals surface area contributed by atoms with Crippen LogP contribution in [0.1, 0.15) is 57.4 Å². The molecule has 3 rings (SSSR count). The Morgan fingerprint density at radius 3 is 2.56 bits per heavy atom. The summed E-state index contributed by atoms with van der Waals surface area (Å²) in [5.74, 6) is -4.50. The topological polar surface area (TPSA) is 79.8 Å². The van der Waals surface area contributed by atoms with E-state index in [4.69, 9.17) is 17.3 Å². The molecule has 1 aliphatic carbocycles. The summed E-state index contributed by atoms with van der Waals surface area (Å²) < 4.78 is 69.1. The lowest BCUT2D eigenvalue weighted by molar-refractivity contribution is -0.120. The Balaban J connectivity index is 1.87. The van der Waals surface area contributed by atoms with Crippen molar-refractivity contribution in [2.75, 3.05) is 13.6 Å². The average Bonchev–Trinajstić information content (AvgIpc) is 2.93. The smallest absolute Gasteiger partial charge is 0.395 e. The lowest BCUT2D eigenvalue weighted by Gasteiger charge is -2.29. The molecule has 0 radical (unpaired) electrons. The fourth-order valence-corrected chi connectivity index (χ4v) is 5.37. The van der Waals surface area contributed by atoms with Crippen LogP contribution in [0.15, 0.2) is 63.5 Å². The first-order chi connectivity index (χ1) is 19.3. The highest BCUT2D eigenvalue weighted by molar-refractivity contribution is 6.30. The quantitative estimate of drug-likeness (QED) is 0.193. The molecule has 3 unspecified atom stereocenters. The van der Waals surface area contributed by atoms with Crippen molar-refractivity contribution in [3.05, 3.63) is 64.1 Å². The zero-order valence-electron chi connectivity index (χ0n) is 23.2. The van der Waals surface area contributed by atoms with Crippen LogP contribution >= 0.6 is 11.6 Å². The van der Waals surface area contributed by atoms with E-state index in [1.807, 2.05) is 0 Å². The van der Waals surface area contributed by atoms with Crippen molar-refractivity contribution in [1.82, 2.24) is 5.32 Å². The summed E-state index contributed by atoms with van der Waals surface area (Å²) in [6.45, 7) is 1.88. The van der Waals surface area contributed by atoms with Gasteiger partial charge in [-0.25, -0.2) is 13.8 Å². The number of aliphatic imine (C=N–C) groups is 2. The maximum atomic E-state index is 14.8. The van der Waals surface area contributed by atoms with E-state index in [0.29, 0.717) is 22.6 Å². The van der Waals surface area contributed by atoms with Gasteiger partial charge in [0, 0.05) is 55.4 Å². The van der Waals surface area contributed by atoms with Gasteiger partial charge in [0.05, 0.1) is 11.3 Å². The largest absolute Gasteiger partial charge is 0.417 e. The molecule has 3 atom stereocenters. The van der Waals surface area contributed by atoms with Gasteiger partial charge in [-0.2, -0.15) is 13.2 Å². The number of halogens is 6. The molecule has 1 aromatic carbocycles. The number of benzene rings is 1. The summed E-state index contributed by atoms with van der Waals surface area (Å²) in [6, 6.07) is 6.79. The number of nitrogens with zero attached hydrogens (tertiary/aromatic N) is 2. The van der Waals surface area contributed by atoms with Crippen molar-refractivity contribution in [3.63, 3.8) is 0 Å². The Morgan fingerprint density at radius 1 is 1.22 bits per heavy atom. The van der Waals surface area contributed by atoms with Crippen LogP contribution in [0.4, 0.5) is 22.0 Å². The molecular formula is C30H36ClF5N4O. The fourth-order valence-electron chi connectivity index (χ4n) is 5.24. The molecule has 11 heteroatoms. The van der Waals surface area contributed by atoms with Gasteiger partial charge in [-0.05, 0) is 67.7 Å². The predicted molar refractivity (Wildman–Crippen MR) is 154 cm³/mol. The molecule has 0 spiro atoms. The number of rotatable bonds is 7. The first-order valence-corrected chi connectivity index (χ1v) is 14.0. The Hall–Kier alpha value is -3.01. The number of nitrogens with two attached hydrogens (primary N) is 1. The van der Waals surface area contributed by atoms with Crippen molar-refractivity contribution in [2.45, 2.75) is 64.0 Å². The van der Waals surface area contributed by atoms with Crippen LogP contribution in [-0.2, 0) is 4.79 Å². The van der Waals surface area contributed by atoms with Gasteiger partial charge < -0.3 is 11.1 Å². The lowest BCUT2D eigenvalue weighted by atomic mass is 9.80. The van der Waals surface area contributed by atoms with Crippen LogP contribution in [0.3, 0.4) is 0 Å². The Bertz CT molecular complexity index is 1220. The summed E-state index contributed by atoms with van der Waals surface area (Å²) >= 11 is 6.01. The Kier molecular flexibility index (Phi) is 11.3. The maximum Gasteiger partial charge on any atom is 0.417 e. The molecule has 1 saturated carbocycles. The zero-order chi connectivity index (χ0) is 30.2. The molecule has 0 amide bonds. The van der Waals surface area contributed by atoms with E-state index in [1.165, 1.54) is 6.21 Å². The molecule has 0 bridgehead atoms. The summed E-state index contributed by atoms with van der Waals surface area (Å²) in [4.78, 5) is 21.7. The van der Waals surface area contributed by atoms with E-state index >= 15 is 0 Å². The summed E-state index contributed by atoms with van der Waals surface area (Å²) in [5.41, 5.74) is 6.63. The standard InChI is InChI=1S/C30H36ClF5N4O/c1-19-15-29(32,33)13-5-6-21(28(41)27(37)25(18-38-2)20-9-11-24(31)12-10-20)14-22(19)16-39-26-8-4-3-7-23(17-40-26)30(34,35)36/h7-12,17-19,21-22,39H,3-6,13-16,37H2,1-2H3/b23-7-,26-8?,27-25?,38-18?,40-17?. The number of allylic oxidation sites excluding steroid dienone is 5. The highest BCUT2D eigenvalue weighted by atomic mass is 35.5. The van der Waals surface area contributed by atoms with Gasteiger partial charge >= 0.3 is 6.18 Å². The van der Waals surface area contributed by atoms with Gasteiger partial charge in [0.2, 0.25) is 5.92 Å². The Labute approximate surface area is 242 Å². The second-order valence-corrected chi connectivity index (χ2v) is 11.1. The lowest BCUT2D eigenvalue weighted by Crippen LogP contribution is -2.33. The first-order valence-electron chi connectivity index (χ1n) is 13.7. The van der Waals surface area contributed by atoms with Crippen molar-refractivity contribution < 1.29 is 26.7 Å². The molecule has 1 fully saturated rings. The second kappa shape index (κ2) is 14.2. The molecule has 41 heavy (non-hydrogen) atoms. The van der Waals surface area contributed by atoms with Gasteiger partial charge in [-0.3, -0.25) is 9.79 Å². The SMILES string of the molecule is CN=CC(=C(N)C(=O)C1CCCC(F)(F)CC(C)C(CNC2=CCC/C=C(\C(F)(F)F)C=N2)C1)c1ccc(Cl)cc1. The average molecular weight is 599 g/mol. The number of ketones is 1. The highest BCUT2D eigenvalue weighted by Gasteiger charge is 2.38. The number of Topliss-reactive ketones (excluding diaryl/α,β-unsaturated/α-hetero) is 1. The molecule has 1 heterocycles. The van der Waals surface area contributed by atoms with Crippen LogP contribution in [-0.4, -0.2) is 43.9 Å². The maximum absolute atomic E-state index is 14.8. The summed E-state index contributed by atoms with van der Waals surface area (Å²) in [5, 5.41) is 3.57. The zero-order valence-corrected chi connectivity index (χ0v) is 23.9. The van der Waals surface area contributed by atoms with Crippen LogP contribution in [0.2, 0.25) is 5.02 Å². The minimum Gasteiger partial charge on any atom is -0.395 e. The number of nitrogens with one attached hydrogen (secondary N) is 1. The third kappa shape index (κ3) is 9.51. The molecular weight excluding hydrogens is 563 g/mol. The van der Waals surface area contributed by atoms with Gasteiger partial charge in [-0.15, -0.1) is 0 Å². The van der Waals surface area contributed by atoms with Crippen molar-refractivity contribution in [1.29, 1.82) is 0 Å². The summed E-state index contributed by atoms with van der Waals surface area (Å²) in [6.07, 6.45) is 1.03. The first kappa shape index (κ1) is 32.5. The molecule has 224 valence electrons. The normalized spacial score (nSPS) is 25.9. The molecule has 1 aliphatic heterocycles. The van der Waals surface area contributed by atoms with Crippen LogP contribution in [0, 0.1) is 17.8 Å². The van der Waals surface area contributed by atoms with E-state index in [9.17, 15) is 26.7 Å². The van der Waals surface area contributed by atoms with E-state index in [2.05, 4.69) is 15.3 Å². The number of hydrogen-bond donors (Lipinski definition) is 2. The Morgan fingerprint density at radius 2 is 1.90 bits per heavy atom. The van der Waals surface area contributed by atoms with Gasteiger partial charge in [-0.1, -0.05) is 36.7 Å². The number of carbonyl (C=O) groups excluding carboxylic acids is 1. The van der Waals surface area contributed by atoms with Crippen LogP contribution < -0.4 is 11.1 Å². The third-order valence-corrected chi connectivity index (χ3v) is 7.78. The number of hydrogen-bond acceptors (Lipinski definition) is 5. The fraction of sp³-hybridized carbons (Fsp3) is 0.500. The van der Waals surface area contributed by atoms with E-state index < -0.39 is 35.4 Å². The monoisotopic (exact) mass is 598 g/mol. The van der Waals surface area contributed by atoms with Crippen LogP contribution in [0.5, 0.6) is 0 Å². The van der Waals surface area contributed by atoms with Gasteiger partial charge in [0.15, 0.2) is 5.78 Å².